The van der Waals surface area contributed by atoms with Crippen LogP contribution in [0.1, 0.15) is 39.9 Å². The van der Waals surface area contributed by atoms with Crippen LogP contribution in [0.25, 0.3) is 0 Å². The molecule has 1 aliphatic carbocycles. The summed E-state index contributed by atoms with van der Waals surface area (Å²) in [5.74, 6) is 0.905. The van der Waals surface area contributed by atoms with Crippen LogP contribution in [0.5, 0.6) is 5.75 Å². The highest BCUT2D eigenvalue weighted by molar-refractivity contribution is 7.11. The molecule has 3 nitrogen and oxygen atoms in total. The Morgan fingerprint density at radius 1 is 1.47 bits per heavy atom. The average molecular weight is 274 g/mol. The van der Waals surface area contributed by atoms with Crippen molar-refractivity contribution in [2.45, 2.75) is 38.8 Å². The summed E-state index contributed by atoms with van der Waals surface area (Å²) in [6.45, 7) is 2.59. The van der Waals surface area contributed by atoms with Crippen molar-refractivity contribution in [1.82, 2.24) is 4.98 Å². The summed E-state index contributed by atoms with van der Waals surface area (Å²) in [7, 11) is 0. The molecular weight excluding hydrogens is 256 g/mol. The maximum atomic E-state index is 6.16. The quantitative estimate of drug-likeness (QED) is 0.933. The van der Waals surface area contributed by atoms with Crippen molar-refractivity contribution < 1.29 is 4.74 Å². The van der Waals surface area contributed by atoms with E-state index < -0.39 is 0 Å². The molecule has 4 heteroatoms. The Labute approximate surface area is 117 Å². The van der Waals surface area contributed by atoms with E-state index in [1.54, 1.807) is 11.3 Å². The fraction of sp³-hybridized carbons (Fsp3) is 0.400. The topological polar surface area (TPSA) is 48.1 Å². The molecule has 1 aromatic carbocycles. The van der Waals surface area contributed by atoms with E-state index in [1.807, 2.05) is 19.2 Å². The van der Waals surface area contributed by atoms with Crippen LogP contribution in [-0.2, 0) is 13.0 Å². The molecule has 0 saturated heterocycles. The van der Waals surface area contributed by atoms with Crippen LogP contribution in [0.15, 0.2) is 24.4 Å². The number of ether oxygens (including phenoxy) is 1. The molecule has 0 spiro atoms. The van der Waals surface area contributed by atoms with Crippen LogP contribution in [0.2, 0.25) is 0 Å². The van der Waals surface area contributed by atoms with E-state index in [9.17, 15) is 0 Å². The molecule has 1 heterocycles. The van der Waals surface area contributed by atoms with Gasteiger partial charge in [0.1, 0.15) is 12.4 Å². The fourth-order valence-electron chi connectivity index (χ4n) is 2.53. The molecule has 0 bridgehead atoms. The van der Waals surface area contributed by atoms with Crippen LogP contribution in [0, 0.1) is 6.92 Å². The van der Waals surface area contributed by atoms with Gasteiger partial charge in [0.05, 0.1) is 9.88 Å². The van der Waals surface area contributed by atoms with Crippen LogP contribution in [-0.4, -0.2) is 4.98 Å². The average Bonchev–Trinajstić information content (AvgIpc) is 2.83. The molecule has 1 atom stereocenters. The Hall–Kier alpha value is -1.39. The molecular formula is C15H18N2OS. The van der Waals surface area contributed by atoms with Gasteiger partial charge in [-0.3, -0.25) is 0 Å². The van der Waals surface area contributed by atoms with Gasteiger partial charge in [0, 0.05) is 12.2 Å². The molecule has 2 N–H and O–H groups in total. The van der Waals surface area contributed by atoms with Crippen LogP contribution < -0.4 is 10.5 Å². The molecule has 0 fully saturated rings. The second-order valence-electron chi connectivity index (χ2n) is 4.99. The molecule has 1 aliphatic rings. The van der Waals surface area contributed by atoms with Crippen molar-refractivity contribution >= 4 is 11.3 Å². The number of benzene rings is 1. The normalized spacial score (nSPS) is 18.1. The van der Waals surface area contributed by atoms with Gasteiger partial charge < -0.3 is 10.5 Å². The van der Waals surface area contributed by atoms with Crippen LogP contribution >= 0.6 is 11.3 Å². The van der Waals surface area contributed by atoms with Crippen molar-refractivity contribution in [2.75, 3.05) is 0 Å². The van der Waals surface area contributed by atoms with Gasteiger partial charge in [-0.1, -0.05) is 6.07 Å². The Bertz CT molecular complexity index is 579. The van der Waals surface area contributed by atoms with E-state index in [0.717, 1.165) is 28.5 Å². The van der Waals surface area contributed by atoms with E-state index in [2.05, 4.69) is 17.1 Å². The third-order valence-corrected chi connectivity index (χ3v) is 4.41. The minimum absolute atomic E-state index is 0.165. The maximum absolute atomic E-state index is 6.16. The number of hydrogen-bond donors (Lipinski definition) is 1. The number of rotatable bonds is 3. The highest BCUT2D eigenvalue weighted by Gasteiger charge is 2.17. The van der Waals surface area contributed by atoms with Crippen LogP contribution in [0.3, 0.4) is 0 Å². The van der Waals surface area contributed by atoms with Crippen molar-refractivity contribution in [3.8, 4) is 5.75 Å². The van der Waals surface area contributed by atoms with E-state index in [-0.39, 0.29) is 6.04 Å². The lowest BCUT2D eigenvalue weighted by Crippen LogP contribution is -2.17. The second kappa shape index (κ2) is 5.31. The Morgan fingerprint density at radius 2 is 2.37 bits per heavy atom. The van der Waals surface area contributed by atoms with Gasteiger partial charge in [-0.25, -0.2) is 4.98 Å². The van der Waals surface area contributed by atoms with Crippen LogP contribution in [0.4, 0.5) is 0 Å². The summed E-state index contributed by atoms with van der Waals surface area (Å²) in [4.78, 5) is 5.38. The summed E-state index contributed by atoms with van der Waals surface area (Å²) < 4.78 is 5.83. The monoisotopic (exact) mass is 274 g/mol. The SMILES string of the molecule is Cc1ncc(COc2ccc3c(c2)C(N)CCC3)s1. The highest BCUT2D eigenvalue weighted by Crippen LogP contribution is 2.31. The zero-order valence-electron chi connectivity index (χ0n) is 11.1. The molecule has 3 rings (SSSR count). The molecule has 2 aromatic rings. The molecule has 1 unspecified atom stereocenters. The maximum Gasteiger partial charge on any atom is 0.124 e. The van der Waals surface area contributed by atoms with Crippen molar-refractivity contribution in [3.05, 3.63) is 45.4 Å². The fourth-order valence-corrected chi connectivity index (χ4v) is 3.24. The summed E-state index contributed by atoms with van der Waals surface area (Å²) in [6, 6.07) is 6.47. The molecule has 1 aromatic heterocycles. The first-order valence-corrected chi connectivity index (χ1v) is 7.46. The van der Waals surface area contributed by atoms with Gasteiger partial charge >= 0.3 is 0 Å². The highest BCUT2D eigenvalue weighted by atomic mass is 32.1. The predicted molar refractivity (Wildman–Crippen MR) is 77.5 cm³/mol. The number of thiazole rings is 1. The zero-order chi connectivity index (χ0) is 13.2. The molecule has 0 radical (unpaired) electrons. The van der Waals surface area contributed by atoms with E-state index in [0.29, 0.717) is 6.61 Å². The first-order valence-electron chi connectivity index (χ1n) is 6.65. The smallest absolute Gasteiger partial charge is 0.124 e. The summed E-state index contributed by atoms with van der Waals surface area (Å²) in [6.07, 6.45) is 5.28. The van der Waals surface area contributed by atoms with Gasteiger partial charge in [-0.2, -0.15) is 0 Å². The van der Waals surface area contributed by atoms with Crippen molar-refractivity contribution in [3.63, 3.8) is 0 Å². The van der Waals surface area contributed by atoms with Gasteiger partial charge in [0.15, 0.2) is 0 Å². The van der Waals surface area contributed by atoms with Gasteiger partial charge in [-0.15, -0.1) is 11.3 Å². The predicted octanol–water partition coefficient (Wildman–Crippen LogP) is 3.37. The number of nitrogens with two attached hydrogens (primary N) is 1. The standard InChI is InChI=1S/C15H18N2OS/c1-10-17-8-13(19-10)9-18-12-6-5-11-3-2-4-15(16)14(11)7-12/h5-8,15H,2-4,9,16H2,1H3. The second-order valence-corrected chi connectivity index (χ2v) is 6.31. The number of nitrogens with zero attached hydrogens (tertiary/aromatic N) is 1. The lowest BCUT2D eigenvalue weighted by Gasteiger charge is -2.22. The minimum Gasteiger partial charge on any atom is -0.488 e. The third-order valence-electron chi connectivity index (χ3n) is 3.53. The van der Waals surface area contributed by atoms with Gasteiger partial charge in [0.2, 0.25) is 0 Å². The molecule has 0 saturated carbocycles. The number of fused-ring (bicyclic) bond motifs is 1. The largest absolute Gasteiger partial charge is 0.488 e. The number of hydrogen-bond acceptors (Lipinski definition) is 4. The summed E-state index contributed by atoms with van der Waals surface area (Å²) >= 11 is 1.68. The van der Waals surface area contributed by atoms with Crippen molar-refractivity contribution in [1.29, 1.82) is 0 Å². The number of aryl methyl sites for hydroxylation is 2. The summed E-state index contributed by atoms with van der Waals surface area (Å²) in [5.41, 5.74) is 8.79. The molecule has 0 amide bonds. The lowest BCUT2D eigenvalue weighted by atomic mass is 9.88. The van der Waals surface area contributed by atoms with E-state index >= 15 is 0 Å². The third kappa shape index (κ3) is 2.80. The lowest BCUT2D eigenvalue weighted by molar-refractivity contribution is 0.308. The number of aromatic nitrogens is 1. The Kier molecular flexibility index (Phi) is 3.53. The summed E-state index contributed by atoms with van der Waals surface area (Å²) in [5, 5.41) is 1.08. The van der Waals surface area contributed by atoms with Gasteiger partial charge in [-0.05, 0) is 49.4 Å². The van der Waals surface area contributed by atoms with E-state index in [1.165, 1.54) is 17.5 Å². The first-order chi connectivity index (χ1) is 9.22. The molecule has 0 aliphatic heterocycles. The van der Waals surface area contributed by atoms with E-state index in [4.69, 9.17) is 10.5 Å². The Balaban J connectivity index is 1.73. The first kappa shape index (κ1) is 12.6. The van der Waals surface area contributed by atoms with Gasteiger partial charge in [0.25, 0.3) is 0 Å². The zero-order valence-corrected chi connectivity index (χ0v) is 11.9. The molecule has 19 heavy (non-hydrogen) atoms. The van der Waals surface area contributed by atoms with Crippen molar-refractivity contribution in [2.24, 2.45) is 5.73 Å². The molecule has 100 valence electrons. The minimum atomic E-state index is 0.165. The Morgan fingerprint density at radius 3 is 3.16 bits per heavy atom.